The minimum atomic E-state index is -3.30. The van der Waals surface area contributed by atoms with Crippen LogP contribution in [0.1, 0.15) is 224 Å². The maximum Gasteiger partial charge on any atom is 0.295 e. The van der Waals surface area contributed by atoms with E-state index in [9.17, 15) is 64.0 Å². The zero-order valence-electron chi connectivity index (χ0n) is 75.5. The van der Waals surface area contributed by atoms with Crippen LogP contribution in [0.5, 0.6) is 0 Å². The summed E-state index contributed by atoms with van der Waals surface area (Å²) in [5.74, 6) is 0.0216. The van der Waals surface area contributed by atoms with Crippen molar-refractivity contribution in [3.63, 3.8) is 0 Å². The summed E-state index contributed by atoms with van der Waals surface area (Å²) in [5.41, 5.74) is 5.28. The third kappa shape index (κ3) is 29.6. The van der Waals surface area contributed by atoms with Crippen molar-refractivity contribution in [1.29, 1.82) is 0 Å². The second-order valence-electron chi connectivity index (χ2n) is 37.1. The van der Waals surface area contributed by atoms with Crippen LogP contribution in [0.25, 0.3) is 55.5 Å². The van der Waals surface area contributed by atoms with E-state index < -0.39 is 64.9 Å². The van der Waals surface area contributed by atoms with Crippen molar-refractivity contribution in [2.45, 2.75) is 280 Å². The van der Waals surface area contributed by atoms with Gasteiger partial charge in [-0.25, -0.2) is 87.7 Å². The standard InChI is InChI=1S/4C18H26FN3O3S.C17H24FN3O3S/c1-18(2,3)26(23,24)20-11-12-4-7-14(8-5-12)21-17-22-15-10-13(19)6-9-16(15)25-17;1-18(2,3)26(23,24)20-11-12-4-7-14(8-5-12)21-17-22-15-9-6-13(19)10-16(15)25-17;1-3-12(2)26(23,24)20-11-13-4-7-15(8-5-13)21-18-22-16-10-14(19)6-9-17(16)25-18;1-3-12(2)26(23,24)20-11-13-4-7-15(8-5-13)21-18-22-16-9-6-14(19)10-17(16)25-18;1-11(2)25(22,23)19-10-12-3-6-14(7-4-12)20-17-21-15-9-13(18)5-8-16(15)24-17/h2*6,9-10,12,14,20H,4-5,7-8,11H2,1-3H3,(H,21,22);2*6,9-10,12-13,15,20H,3-5,7-8,11H2,1-2H3,(H,21,22);5,8-9,11-12,14,19H,3-4,6-7,10H2,1-2H3,(H,20,21). The fraction of sp³-hybridized carbons (Fsp3) is 0.607. The summed E-state index contributed by atoms with van der Waals surface area (Å²) in [7, 11) is -16.2. The molecule has 15 rings (SSSR count). The van der Waals surface area contributed by atoms with Crippen molar-refractivity contribution in [2.75, 3.05) is 59.3 Å². The predicted octanol–water partition coefficient (Wildman–Crippen LogP) is 17.9. The Morgan fingerprint density at radius 1 is 0.302 bits per heavy atom. The monoisotopic (exact) mass is 1900 g/mol. The number of hydrogen-bond acceptors (Lipinski definition) is 25. The third-order valence-corrected chi connectivity index (χ3v) is 35.0. The van der Waals surface area contributed by atoms with Gasteiger partial charge in [-0.15, -0.1) is 0 Å². The van der Waals surface area contributed by atoms with E-state index in [1.54, 1.807) is 99.6 Å². The highest BCUT2D eigenvalue weighted by molar-refractivity contribution is 7.91. The Balaban J connectivity index is 0.000000156. The molecular weight excluding hydrogens is 1770 g/mol. The van der Waals surface area contributed by atoms with Gasteiger partial charge in [0.2, 0.25) is 50.1 Å². The Labute approximate surface area is 754 Å². The van der Waals surface area contributed by atoms with Gasteiger partial charge in [-0.3, -0.25) is 0 Å². The minimum absolute atomic E-state index is 0.225. The summed E-state index contributed by atoms with van der Waals surface area (Å²) in [4.78, 5) is 21.5. The molecule has 5 saturated carbocycles. The summed E-state index contributed by atoms with van der Waals surface area (Å²) in [6.45, 7) is 23.2. The molecule has 129 heavy (non-hydrogen) atoms. The van der Waals surface area contributed by atoms with E-state index in [0.29, 0.717) is 161 Å². The van der Waals surface area contributed by atoms with Crippen LogP contribution in [0.4, 0.5) is 52.0 Å². The van der Waals surface area contributed by atoms with E-state index in [0.717, 1.165) is 128 Å². The van der Waals surface area contributed by atoms with Gasteiger partial charge >= 0.3 is 0 Å². The molecule has 5 aromatic heterocycles. The number of sulfonamides is 5. The molecule has 40 heteroatoms. The first-order chi connectivity index (χ1) is 60.8. The van der Waals surface area contributed by atoms with E-state index in [1.807, 2.05) is 13.8 Å². The van der Waals surface area contributed by atoms with E-state index in [4.69, 9.17) is 22.1 Å². The summed E-state index contributed by atoms with van der Waals surface area (Å²) >= 11 is 0. The number of fused-ring (bicyclic) bond motifs is 5. The van der Waals surface area contributed by atoms with Crippen molar-refractivity contribution in [3.8, 4) is 0 Å². The van der Waals surface area contributed by atoms with E-state index in [-0.39, 0.29) is 69.8 Å². The molecule has 2 unspecified atom stereocenters. The second kappa shape index (κ2) is 44.5. The Morgan fingerprint density at radius 2 is 0.519 bits per heavy atom. The van der Waals surface area contributed by atoms with Crippen molar-refractivity contribution in [1.82, 2.24) is 48.5 Å². The molecule has 5 fully saturated rings. The van der Waals surface area contributed by atoms with E-state index in [1.165, 1.54) is 60.7 Å². The molecule has 0 saturated heterocycles. The number of hydrogen-bond donors (Lipinski definition) is 10. The van der Waals surface area contributed by atoms with Crippen LogP contribution < -0.4 is 50.2 Å². The largest absolute Gasteiger partial charge is 0.424 e. The lowest BCUT2D eigenvalue weighted by Gasteiger charge is -2.29. The number of rotatable bonds is 30. The summed E-state index contributed by atoms with van der Waals surface area (Å²) < 4.78 is 226. The first-order valence-corrected chi connectivity index (χ1v) is 52.5. The minimum Gasteiger partial charge on any atom is -0.424 e. The van der Waals surface area contributed by atoms with Crippen molar-refractivity contribution in [2.24, 2.45) is 29.6 Å². The van der Waals surface area contributed by atoms with Crippen LogP contribution in [0, 0.1) is 58.7 Å². The van der Waals surface area contributed by atoms with Crippen molar-refractivity contribution in [3.05, 3.63) is 120 Å². The van der Waals surface area contributed by atoms with Gasteiger partial charge in [0.05, 0.1) is 25.2 Å². The molecule has 10 N–H and O–H groups in total. The SMILES string of the molecule is CC(C)(C)S(=O)(=O)NCC1CCC(Nc2nc3cc(F)ccc3o2)CC1.CC(C)(C)S(=O)(=O)NCC1CCC(Nc2nc3ccc(F)cc3o2)CC1.CC(C)S(=O)(=O)NCC1CCC(Nc2nc3cc(F)ccc3o2)CC1.CCC(C)S(=O)(=O)NCC1CCC(Nc2nc3cc(F)ccc3o2)CC1.CCC(C)S(=O)(=O)NCC1CCC(Nc2nc3ccc(F)cc3o2)CC1. The fourth-order valence-corrected chi connectivity index (χ4v) is 20.7. The molecule has 10 aromatic rings. The molecule has 30 nitrogen and oxygen atoms in total. The number of nitrogens with zero attached hydrogens (tertiary/aromatic N) is 5. The molecular formula is C89H128F5N15O15S5. The number of anilines is 5. The average molecular weight is 1900 g/mol. The number of halogens is 5. The van der Waals surface area contributed by atoms with Crippen molar-refractivity contribution >= 4 is 136 Å². The van der Waals surface area contributed by atoms with Gasteiger partial charge in [-0.05, 0) is 301 Å². The Hall–Kier alpha value is -8.35. The predicted molar refractivity (Wildman–Crippen MR) is 495 cm³/mol. The van der Waals surface area contributed by atoms with Crippen LogP contribution in [0.3, 0.4) is 0 Å². The van der Waals surface area contributed by atoms with Gasteiger partial charge in [0.1, 0.15) is 56.7 Å². The molecule has 5 aliphatic carbocycles. The quantitative estimate of drug-likeness (QED) is 0.0187. The Bertz CT molecular complexity index is 5620. The molecule has 5 aromatic carbocycles. The van der Waals surface area contributed by atoms with Crippen LogP contribution in [0.15, 0.2) is 113 Å². The molecule has 2 atom stereocenters. The Kier molecular flexibility index (Phi) is 34.9. The number of benzene rings is 5. The molecule has 0 radical (unpaired) electrons. The first kappa shape index (κ1) is 101. The lowest BCUT2D eigenvalue weighted by molar-refractivity contribution is 0.333. The smallest absolute Gasteiger partial charge is 0.295 e. The van der Waals surface area contributed by atoms with Crippen LogP contribution in [-0.2, 0) is 50.1 Å². The normalized spacial score (nSPS) is 22.1. The van der Waals surface area contributed by atoms with Gasteiger partial charge in [0, 0.05) is 93.3 Å². The lowest BCUT2D eigenvalue weighted by atomic mass is 9.86. The molecule has 5 aliphatic rings. The summed E-state index contributed by atoms with van der Waals surface area (Å²) in [6, 6.07) is 24.6. The van der Waals surface area contributed by atoms with Gasteiger partial charge in [-0.2, -0.15) is 24.9 Å². The summed E-state index contributed by atoms with van der Waals surface area (Å²) in [6.07, 6.45) is 19.7. The number of oxazole rings is 5. The highest BCUT2D eigenvalue weighted by Gasteiger charge is 2.35. The highest BCUT2D eigenvalue weighted by atomic mass is 32.2. The molecule has 0 aliphatic heterocycles. The molecule has 0 spiro atoms. The zero-order valence-corrected chi connectivity index (χ0v) is 79.6. The Morgan fingerprint density at radius 3 is 0.760 bits per heavy atom. The van der Waals surface area contributed by atoms with Crippen LogP contribution in [-0.4, -0.2) is 155 Å². The number of aromatic nitrogens is 5. The van der Waals surface area contributed by atoms with Gasteiger partial charge < -0.3 is 48.7 Å². The van der Waals surface area contributed by atoms with E-state index >= 15 is 0 Å². The van der Waals surface area contributed by atoms with Crippen molar-refractivity contribution < 1.29 is 86.1 Å². The molecule has 0 amide bonds. The van der Waals surface area contributed by atoms with Gasteiger partial charge in [-0.1, -0.05) is 13.8 Å². The van der Waals surface area contributed by atoms with Gasteiger partial charge in [0.15, 0.2) is 27.9 Å². The van der Waals surface area contributed by atoms with Gasteiger partial charge in [0.25, 0.3) is 30.1 Å². The first-order valence-electron chi connectivity index (χ1n) is 44.9. The third-order valence-electron chi connectivity index (χ3n) is 24.9. The topological polar surface area (TPSA) is 421 Å². The maximum atomic E-state index is 13.2. The maximum absolute atomic E-state index is 13.2. The lowest BCUT2D eigenvalue weighted by Crippen LogP contribution is -2.42. The molecule has 5 heterocycles. The second-order valence-corrected chi connectivity index (χ2v) is 48.8. The highest BCUT2D eigenvalue weighted by Crippen LogP contribution is 2.35. The molecule has 714 valence electrons. The average Bonchev–Trinajstić information content (AvgIpc) is 1.61. The van der Waals surface area contributed by atoms with E-state index in [2.05, 4.69) is 75.1 Å². The van der Waals surface area contributed by atoms with Crippen LogP contribution >= 0.6 is 0 Å². The summed E-state index contributed by atoms with van der Waals surface area (Å²) in [5, 5.41) is 15.2. The molecule has 0 bridgehead atoms. The fourth-order valence-electron chi connectivity index (χ4n) is 15.7. The van der Waals surface area contributed by atoms with Crippen LogP contribution in [0.2, 0.25) is 0 Å². The number of nitrogens with one attached hydrogen (secondary N) is 10. The zero-order chi connectivity index (χ0) is 93.4.